The molecule has 0 bridgehead atoms. The van der Waals surface area contributed by atoms with Crippen molar-refractivity contribution in [3.63, 3.8) is 0 Å². The summed E-state index contributed by atoms with van der Waals surface area (Å²) in [7, 11) is -3.95. The second-order valence-electron chi connectivity index (χ2n) is 6.72. The Morgan fingerprint density at radius 1 is 0.933 bits per heavy atom. The lowest BCUT2D eigenvalue weighted by Gasteiger charge is -2.20. The molecule has 0 aliphatic heterocycles. The highest BCUT2D eigenvalue weighted by atomic mass is 35.5. The molecule has 156 valence electrons. The van der Waals surface area contributed by atoms with Crippen LogP contribution < -0.4 is 10.0 Å². The molecule has 2 N–H and O–H groups in total. The molecule has 5 nitrogen and oxygen atoms in total. The molecule has 0 heterocycles. The lowest BCUT2D eigenvalue weighted by Crippen LogP contribution is -2.45. The minimum atomic E-state index is -3.95. The van der Waals surface area contributed by atoms with Crippen molar-refractivity contribution >= 4 is 44.8 Å². The lowest BCUT2D eigenvalue weighted by molar-refractivity contribution is -0.117. The van der Waals surface area contributed by atoms with E-state index in [2.05, 4.69) is 10.0 Å². The Morgan fingerprint density at radius 3 is 2.27 bits per heavy atom. The molecular weight excluding hydrogens is 443 g/mol. The fourth-order valence-electron chi connectivity index (χ4n) is 2.87. The molecule has 3 rings (SSSR count). The summed E-state index contributed by atoms with van der Waals surface area (Å²) in [6.45, 7) is 1.78. The van der Waals surface area contributed by atoms with Crippen LogP contribution in [0.4, 0.5) is 5.69 Å². The molecule has 3 aromatic carbocycles. The Kier molecular flexibility index (Phi) is 7.15. The van der Waals surface area contributed by atoms with Crippen molar-refractivity contribution in [2.45, 2.75) is 24.3 Å². The van der Waals surface area contributed by atoms with Crippen molar-refractivity contribution < 1.29 is 13.2 Å². The fraction of sp³-hybridized carbons (Fsp3) is 0.136. The van der Waals surface area contributed by atoms with Gasteiger partial charge in [-0.25, -0.2) is 8.42 Å². The highest BCUT2D eigenvalue weighted by Gasteiger charge is 2.26. The minimum Gasteiger partial charge on any atom is -0.324 e. The van der Waals surface area contributed by atoms with E-state index in [-0.39, 0.29) is 11.3 Å². The first-order valence-electron chi connectivity index (χ1n) is 9.14. The largest absolute Gasteiger partial charge is 0.324 e. The van der Waals surface area contributed by atoms with Gasteiger partial charge in [-0.2, -0.15) is 4.72 Å². The van der Waals surface area contributed by atoms with Crippen LogP contribution >= 0.6 is 23.2 Å². The summed E-state index contributed by atoms with van der Waals surface area (Å²) in [6.07, 6.45) is 0.180. The smallest absolute Gasteiger partial charge is 0.242 e. The number of carbonyl (C=O) groups is 1. The third-order valence-corrected chi connectivity index (χ3v) is 6.70. The first-order valence-corrected chi connectivity index (χ1v) is 11.4. The molecule has 3 aromatic rings. The number of sulfonamides is 1. The number of hydrogen-bond donors (Lipinski definition) is 2. The van der Waals surface area contributed by atoms with E-state index in [0.717, 1.165) is 5.56 Å². The maximum atomic E-state index is 13.0. The summed E-state index contributed by atoms with van der Waals surface area (Å²) in [6, 6.07) is 19.1. The number of carbonyl (C=O) groups excluding carboxylic acids is 1. The van der Waals surface area contributed by atoms with Crippen LogP contribution in [0.2, 0.25) is 10.0 Å². The molecule has 0 saturated heterocycles. The molecule has 8 heteroatoms. The van der Waals surface area contributed by atoms with E-state index in [9.17, 15) is 13.2 Å². The topological polar surface area (TPSA) is 75.3 Å². The van der Waals surface area contributed by atoms with E-state index >= 15 is 0 Å². The number of anilines is 1. The summed E-state index contributed by atoms with van der Waals surface area (Å²) in [5, 5.41) is 3.71. The summed E-state index contributed by atoms with van der Waals surface area (Å²) in [4.78, 5) is 13.1. The first kappa shape index (κ1) is 22.3. The molecule has 0 radical (unpaired) electrons. The molecule has 0 aromatic heterocycles. The Hall–Kier alpha value is -2.38. The molecule has 0 fully saturated rings. The molecule has 0 saturated carbocycles. The van der Waals surface area contributed by atoms with E-state index in [0.29, 0.717) is 21.3 Å². The van der Waals surface area contributed by atoms with Crippen LogP contribution in [0.15, 0.2) is 77.7 Å². The zero-order chi connectivity index (χ0) is 21.7. The monoisotopic (exact) mass is 462 g/mol. The molecular formula is C22H20Cl2N2O3S. The second-order valence-corrected chi connectivity index (χ2v) is 9.28. The zero-order valence-corrected chi connectivity index (χ0v) is 18.4. The number of nitrogens with one attached hydrogen (secondary N) is 2. The first-order chi connectivity index (χ1) is 14.3. The van der Waals surface area contributed by atoms with Crippen LogP contribution in [-0.4, -0.2) is 20.4 Å². The average Bonchev–Trinajstić information content (AvgIpc) is 2.72. The number of rotatable bonds is 7. The molecule has 1 atom stereocenters. The Bertz CT molecular complexity index is 1130. The van der Waals surface area contributed by atoms with Crippen LogP contribution in [0.5, 0.6) is 0 Å². The Morgan fingerprint density at radius 2 is 1.60 bits per heavy atom. The van der Waals surface area contributed by atoms with Crippen LogP contribution in [0.3, 0.4) is 0 Å². The molecule has 0 unspecified atom stereocenters. The predicted molar refractivity (Wildman–Crippen MR) is 121 cm³/mol. The van der Waals surface area contributed by atoms with Gasteiger partial charge in [0.1, 0.15) is 6.04 Å². The van der Waals surface area contributed by atoms with Gasteiger partial charge in [0.25, 0.3) is 0 Å². The van der Waals surface area contributed by atoms with E-state index < -0.39 is 22.0 Å². The van der Waals surface area contributed by atoms with Gasteiger partial charge >= 0.3 is 0 Å². The van der Waals surface area contributed by atoms with Gasteiger partial charge in [-0.1, -0.05) is 59.6 Å². The maximum absolute atomic E-state index is 13.0. The molecule has 0 aliphatic rings. The van der Waals surface area contributed by atoms with Crippen LogP contribution in [0, 0.1) is 6.92 Å². The average molecular weight is 463 g/mol. The van der Waals surface area contributed by atoms with Gasteiger partial charge in [0.2, 0.25) is 15.9 Å². The SMILES string of the molecule is Cc1c(Cl)cccc1NC(=O)[C@@H](Cc1ccccc1)NS(=O)(=O)c1ccc(Cl)cc1. The fourth-order valence-corrected chi connectivity index (χ4v) is 4.37. The maximum Gasteiger partial charge on any atom is 0.242 e. The Labute approximate surface area is 186 Å². The van der Waals surface area contributed by atoms with Crippen molar-refractivity contribution in [3.8, 4) is 0 Å². The van der Waals surface area contributed by atoms with Crippen molar-refractivity contribution in [1.29, 1.82) is 0 Å². The van der Waals surface area contributed by atoms with Gasteiger partial charge in [0.05, 0.1) is 4.90 Å². The third-order valence-electron chi connectivity index (χ3n) is 4.55. The minimum absolute atomic E-state index is 0.0247. The quantitative estimate of drug-likeness (QED) is 0.527. The molecule has 0 spiro atoms. The van der Waals surface area contributed by atoms with E-state index in [4.69, 9.17) is 23.2 Å². The number of hydrogen-bond acceptors (Lipinski definition) is 3. The van der Waals surface area contributed by atoms with Crippen LogP contribution in [-0.2, 0) is 21.2 Å². The van der Waals surface area contributed by atoms with Crippen LogP contribution in [0.1, 0.15) is 11.1 Å². The summed E-state index contributed by atoms with van der Waals surface area (Å²) in [5.41, 5.74) is 2.04. The zero-order valence-electron chi connectivity index (χ0n) is 16.1. The van der Waals surface area contributed by atoms with E-state index in [1.54, 1.807) is 25.1 Å². The van der Waals surface area contributed by atoms with Gasteiger partial charge in [-0.3, -0.25) is 4.79 Å². The lowest BCUT2D eigenvalue weighted by atomic mass is 10.1. The van der Waals surface area contributed by atoms with Crippen LogP contribution in [0.25, 0.3) is 0 Å². The highest BCUT2D eigenvalue weighted by molar-refractivity contribution is 7.89. The van der Waals surface area contributed by atoms with Crippen molar-refractivity contribution in [2.24, 2.45) is 0 Å². The molecule has 1 amide bonds. The standard InChI is InChI=1S/C22H20Cl2N2O3S/c1-15-19(24)8-5-9-20(15)25-22(27)21(14-16-6-3-2-4-7-16)26-30(28,29)18-12-10-17(23)11-13-18/h2-13,21,26H,14H2,1H3,(H,25,27)/t21-/m1/s1. The predicted octanol–water partition coefficient (Wildman–Crippen LogP) is 4.83. The highest BCUT2D eigenvalue weighted by Crippen LogP contribution is 2.23. The normalized spacial score (nSPS) is 12.4. The molecule has 30 heavy (non-hydrogen) atoms. The summed E-state index contributed by atoms with van der Waals surface area (Å²) >= 11 is 12.0. The second kappa shape index (κ2) is 9.62. The van der Waals surface area contributed by atoms with E-state index in [1.807, 2.05) is 30.3 Å². The van der Waals surface area contributed by atoms with Gasteiger partial charge in [-0.05, 0) is 60.9 Å². The van der Waals surface area contributed by atoms with Gasteiger partial charge in [0, 0.05) is 15.7 Å². The number of halogens is 2. The van der Waals surface area contributed by atoms with E-state index in [1.165, 1.54) is 24.3 Å². The summed E-state index contributed by atoms with van der Waals surface area (Å²) in [5.74, 6) is -0.484. The Balaban J connectivity index is 1.88. The summed E-state index contributed by atoms with van der Waals surface area (Å²) < 4.78 is 28.2. The van der Waals surface area contributed by atoms with Gasteiger partial charge in [-0.15, -0.1) is 0 Å². The van der Waals surface area contributed by atoms with Gasteiger partial charge < -0.3 is 5.32 Å². The van der Waals surface area contributed by atoms with Gasteiger partial charge in [0.15, 0.2) is 0 Å². The number of benzene rings is 3. The third kappa shape index (κ3) is 5.61. The molecule has 0 aliphatic carbocycles. The van der Waals surface area contributed by atoms with Crippen molar-refractivity contribution in [3.05, 3.63) is 94.0 Å². The van der Waals surface area contributed by atoms with Crippen molar-refractivity contribution in [1.82, 2.24) is 4.72 Å². The van der Waals surface area contributed by atoms with Crippen molar-refractivity contribution in [2.75, 3.05) is 5.32 Å². The number of amides is 1.